The van der Waals surface area contributed by atoms with Gasteiger partial charge in [-0.25, -0.2) is 0 Å². The van der Waals surface area contributed by atoms with Gasteiger partial charge >= 0.3 is 0 Å². The average Bonchev–Trinajstić information content (AvgIpc) is 3.24. The SMILES string of the molecule is CCN(CC)c1ccc(C=CC2=NNC(c3ccc(N(CC)CC)cc3)C2)cc1. The number of hydrazone groups is 1. The van der Waals surface area contributed by atoms with Crippen LogP contribution in [0.5, 0.6) is 0 Å². The summed E-state index contributed by atoms with van der Waals surface area (Å²) in [5, 5.41) is 4.53. The fourth-order valence-corrected chi connectivity index (χ4v) is 3.84. The molecule has 0 spiro atoms. The van der Waals surface area contributed by atoms with Gasteiger partial charge < -0.3 is 15.2 Å². The summed E-state index contributed by atoms with van der Waals surface area (Å²) in [5.74, 6) is 0. The van der Waals surface area contributed by atoms with E-state index in [1.54, 1.807) is 0 Å². The van der Waals surface area contributed by atoms with Crippen molar-refractivity contribution in [3.05, 3.63) is 65.7 Å². The van der Waals surface area contributed by atoms with Crippen LogP contribution in [0.4, 0.5) is 11.4 Å². The molecule has 0 aromatic heterocycles. The van der Waals surface area contributed by atoms with Crippen molar-refractivity contribution >= 4 is 23.2 Å². The van der Waals surface area contributed by atoms with Gasteiger partial charge in [-0.15, -0.1) is 0 Å². The van der Waals surface area contributed by atoms with Crippen LogP contribution in [0.1, 0.15) is 51.3 Å². The van der Waals surface area contributed by atoms with Gasteiger partial charge in [-0.2, -0.15) is 5.10 Å². The predicted octanol–water partition coefficient (Wildman–Crippen LogP) is 5.48. The van der Waals surface area contributed by atoms with Gasteiger partial charge in [0, 0.05) is 44.0 Å². The quantitative estimate of drug-likeness (QED) is 0.615. The molecule has 1 aliphatic rings. The first-order valence-corrected chi connectivity index (χ1v) is 10.9. The van der Waals surface area contributed by atoms with Crippen molar-refractivity contribution in [3.8, 4) is 0 Å². The number of anilines is 2. The highest BCUT2D eigenvalue weighted by Gasteiger charge is 2.18. The first kappa shape index (κ1) is 21.0. The fraction of sp³-hybridized carbons (Fsp3) is 0.400. The molecule has 1 atom stereocenters. The van der Waals surface area contributed by atoms with Gasteiger partial charge in [-0.05, 0) is 69.2 Å². The Morgan fingerprint density at radius 2 is 1.31 bits per heavy atom. The van der Waals surface area contributed by atoms with Crippen LogP contribution in [0.2, 0.25) is 0 Å². The third-order valence-electron chi connectivity index (χ3n) is 5.69. The highest BCUT2D eigenvalue weighted by Crippen LogP contribution is 2.25. The monoisotopic (exact) mass is 390 g/mol. The standard InChI is InChI=1S/C25H34N4/c1-5-28(6-2)23-15-10-20(11-16-23)9-14-22-19-25(27-26-22)21-12-17-24(18-13-21)29(7-3)8-4/h9-18,25,27H,5-8,19H2,1-4H3. The van der Waals surface area contributed by atoms with Crippen molar-refractivity contribution in [3.63, 3.8) is 0 Å². The molecule has 0 saturated heterocycles. The molecule has 2 aromatic rings. The lowest BCUT2D eigenvalue weighted by atomic mass is 10.0. The molecule has 4 heteroatoms. The van der Waals surface area contributed by atoms with Crippen LogP contribution >= 0.6 is 0 Å². The topological polar surface area (TPSA) is 30.9 Å². The molecule has 0 saturated carbocycles. The van der Waals surface area contributed by atoms with Crippen molar-refractivity contribution in [2.75, 3.05) is 36.0 Å². The van der Waals surface area contributed by atoms with Crippen molar-refractivity contribution < 1.29 is 0 Å². The van der Waals surface area contributed by atoms with E-state index in [-0.39, 0.29) is 6.04 Å². The summed E-state index contributed by atoms with van der Waals surface area (Å²) in [5.41, 5.74) is 9.44. The Morgan fingerprint density at radius 3 is 1.83 bits per heavy atom. The van der Waals surface area contributed by atoms with Crippen LogP contribution in [0, 0.1) is 0 Å². The maximum atomic E-state index is 4.53. The van der Waals surface area contributed by atoms with E-state index in [2.05, 4.69) is 109 Å². The Bertz CT molecular complexity index is 813. The minimum atomic E-state index is 0.255. The van der Waals surface area contributed by atoms with Crippen molar-refractivity contribution in [1.82, 2.24) is 5.43 Å². The number of nitrogens with zero attached hydrogens (tertiary/aromatic N) is 3. The van der Waals surface area contributed by atoms with Crippen molar-refractivity contribution in [2.45, 2.75) is 40.2 Å². The zero-order valence-electron chi connectivity index (χ0n) is 18.2. The van der Waals surface area contributed by atoms with Gasteiger partial charge in [0.05, 0.1) is 11.8 Å². The van der Waals surface area contributed by atoms with Crippen molar-refractivity contribution in [2.24, 2.45) is 5.10 Å². The number of nitrogens with one attached hydrogen (secondary N) is 1. The van der Waals surface area contributed by atoms with E-state index in [4.69, 9.17) is 0 Å². The molecule has 29 heavy (non-hydrogen) atoms. The molecule has 3 rings (SSSR count). The Hall–Kier alpha value is -2.75. The normalized spacial score (nSPS) is 16.0. The molecule has 0 bridgehead atoms. The lowest BCUT2D eigenvalue weighted by molar-refractivity contribution is 0.620. The molecule has 4 nitrogen and oxygen atoms in total. The second-order valence-corrected chi connectivity index (χ2v) is 7.35. The molecule has 1 heterocycles. The summed E-state index contributed by atoms with van der Waals surface area (Å²) in [4.78, 5) is 4.72. The maximum absolute atomic E-state index is 4.53. The summed E-state index contributed by atoms with van der Waals surface area (Å²) < 4.78 is 0. The summed E-state index contributed by atoms with van der Waals surface area (Å²) in [7, 11) is 0. The van der Waals surface area contributed by atoms with Gasteiger partial charge in [0.15, 0.2) is 0 Å². The Morgan fingerprint density at radius 1 is 0.793 bits per heavy atom. The second-order valence-electron chi connectivity index (χ2n) is 7.35. The summed E-state index contributed by atoms with van der Waals surface area (Å²) in [6.45, 7) is 12.9. The van der Waals surface area contributed by atoms with E-state index < -0.39 is 0 Å². The first-order valence-electron chi connectivity index (χ1n) is 10.9. The molecule has 1 aliphatic heterocycles. The average molecular weight is 391 g/mol. The third-order valence-corrected chi connectivity index (χ3v) is 5.69. The Labute approximate surface area is 175 Å². The minimum Gasteiger partial charge on any atom is -0.372 e. The number of allylic oxidation sites excluding steroid dienone is 1. The highest BCUT2D eigenvalue weighted by molar-refractivity contribution is 5.99. The highest BCUT2D eigenvalue weighted by atomic mass is 15.3. The van der Waals surface area contributed by atoms with Crippen LogP contribution in [0.15, 0.2) is 59.7 Å². The molecule has 154 valence electrons. The minimum absolute atomic E-state index is 0.255. The predicted molar refractivity (Wildman–Crippen MR) is 127 cm³/mol. The van der Waals surface area contributed by atoms with Gasteiger partial charge in [0.2, 0.25) is 0 Å². The van der Waals surface area contributed by atoms with E-state index >= 15 is 0 Å². The zero-order chi connectivity index (χ0) is 20.6. The molecule has 0 fully saturated rings. The Balaban J connectivity index is 1.58. The van der Waals surface area contributed by atoms with E-state index in [9.17, 15) is 0 Å². The number of benzene rings is 2. The van der Waals surface area contributed by atoms with Crippen LogP contribution in [0.25, 0.3) is 6.08 Å². The number of hydrogen-bond donors (Lipinski definition) is 1. The smallest absolute Gasteiger partial charge is 0.0745 e. The molecule has 0 amide bonds. The molecule has 1 unspecified atom stereocenters. The van der Waals surface area contributed by atoms with E-state index in [1.807, 2.05) is 0 Å². The summed E-state index contributed by atoms with van der Waals surface area (Å²) >= 11 is 0. The largest absolute Gasteiger partial charge is 0.372 e. The summed E-state index contributed by atoms with van der Waals surface area (Å²) in [6, 6.07) is 17.9. The van der Waals surface area contributed by atoms with Crippen molar-refractivity contribution in [1.29, 1.82) is 0 Å². The lowest BCUT2D eigenvalue weighted by Crippen LogP contribution is -2.21. The fourth-order valence-electron chi connectivity index (χ4n) is 3.84. The Kier molecular flexibility index (Phi) is 7.34. The first-order chi connectivity index (χ1) is 14.2. The summed E-state index contributed by atoms with van der Waals surface area (Å²) in [6.07, 6.45) is 5.20. The molecular weight excluding hydrogens is 356 g/mol. The molecule has 2 aromatic carbocycles. The zero-order valence-corrected chi connectivity index (χ0v) is 18.2. The van der Waals surface area contributed by atoms with E-state index in [0.717, 1.165) is 38.3 Å². The van der Waals surface area contributed by atoms with Gasteiger partial charge in [0.1, 0.15) is 0 Å². The molecular formula is C25H34N4. The van der Waals surface area contributed by atoms with E-state index in [1.165, 1.54) is 22.5 Å². The van der Waals surface area contributed by atoms with Crippen LogP contribution in [-0.2, 0) is 0 Å². The van der Waals surface area contributed by atoms with Gasteiger partial charge in [-0.1, -0.05) is 30.3 Å². The second kappa shape index (κ2) is 10.1. The van der Waals surface area contributed by atoms with Crippen LogP contribution in [-0.4, -0.2) is 31.9 Å². The number of hydrogen-bond acceptors (Lipinski definition) is 4. The third kappa shape index (κ3) is 5.20. The van der Waals surface area contributed by atoms with Gasteiger partial charge in [0.25, 0.3) is 0 Å². The molecule has 0 radical (unpaired) electrons. The van der Waals surface area contributed by atoms with Crippen LogP contribution in [0.3, 0.4) is 0 Å². The van der Waals surface area contributed by atoms with Crippen LogP contribution < -0.4 is 15.2 Å². The molecule has 1 N–H and O–H groups in total. The lowest BCUT2D eigenvalue weighted by Gasteiger charge is -2.21. The van der Waals surface area contributed by atoms with E-state index in [0.29, 0.717) is 0 Å². The molecule has 0 aliphatic carbocycles. The van der Waals surface area contributed by atoms with Gasteiger partial charge in [-0.3, -0.25) is 0 Å². The maximum Gasteiger partial charge on any atom is 0.0745 e. The number of rotatable bonds is 9.